The molecule has 3 heterocycles. The Morgan fingerprint density at radius 3 is 2.67 bits per heavy atom. The third kappa shape index (κ3) is 2.18. The molecule has 1 aliphatic heterocycles. The van der Waals surface area contributed by atoms with Gasteiger partial charge in [-0.3, -0.25) is 4.90 Å². The highest BCUT2D eigenvalue weighted by molar-refractivity contribution is 7.85. The van der Waals surface area contributed by atoms with Crippen molar-refractivity contribution < 1.29 is 8.95 Å². The highest BCUT2D eigenvalue weighted by Gasteiger charge is 2.32. The second-order valence-electron chi connectivity index (χ2n) is 5.44. The lowest BCUT2D eigenvalue weighted by Crippen LogP contribution is -2.22. The van der Waals surface area contributed by atoms with Crippen LogP contribution in [0.25, 0.3) is 0 Å². The molecule has 0 aliphatic carbocycles. The van der Waals surface area contributed by atoms with Gasteiger partial charge in [0.15, 0.2) is 11.6 Å². The van der Waals surface area contributed by atoms with Crippen LogP contribution in [-0.2, 0) is 10.8 Å². The maximum atomic E-state index is 13.0. The molecule has 0 saturated carbocycles. The van der Waals surface area contributed by atoms with Gasteiger partial charge >= 0.3 is 0 Å². The van der Waals surface area contributed by atoms with E-state index in [0.717, 1.165) is 11.3 Å². The van der Waals surface area contributed by atoms with Gasteiger partial charge in [-0.05, 0) is 42.8 Å². The quantitative estimate of drug-likeness (QED) is 0.558. The molecule has 5 nitrogen and oxygen atoms in total. The molecular formula is C18H15N3O2S. The van der Waals surface area contributed by atoms with E-state index in [1.54, 1.807) is 25.6 Å². The van der Waals surface area contributed by atoms with Crippen LogP contribution in [0, 0.1) is 6.92 Å². The fraction of sp³-hybridized carbons (Fsp3) is 0.111. The smallest absolute Gasteiger partial charge is 0.155 e. The first kappa shape index (κ1) is 14.8. The van der Waals surface area contributed by atoms with Crippen LogP contribution in [-0.4, -0.2) is 21.3 Å². The van der Waals surface area contributed by atoms with Crippen molar-refractivity contribution in [3.8, 4) is 5.75 Å². The maximum absolute atomic E-state index is 13.0. The summed E-state index contributed by atoms with van der Waals surface area (Å²) in [5.41, 5.74) is 1.78. The van der Waals surface area contributed by atoms with Gasteiger partial charge in [-0.15, -0.1) is 0 Å². The Labute approximate surface area is 142 Å². The Balaban J connectivity index is 2.04. The first-order valence-corrected chi connectivity index (χ1v) is 8.62. The molecule has 0 amide bonds. The van der Waals surface area contributed by atoms with Gasteiger partial charge in [0.1, 0.15) is 5.75 Å². The van der Waals surface area contributed by atoms with Gasteiger partial charge in [-0.25, -0.2) is 14.2 Å². The van der Waals surface area contributed by atoms with E-state index in [2.05, 4.69) is 9.97 Å². The highest BCUT2D eigenvalue weighted by Crippen LogP contribution is 2.46. The van der Waals surface area contributed by atoms with Crippen LogP contribution in [0.1, 0.15) is 5.56 Å². The summed E-state index contributed by atoms with van der Waals surface area (Å²) in [6.45, 7) is 1.94. The summed E-state index contributed by atoms with van der Waals surface area (Å²) in [7, 11) is 0.318. The summed E-state index contributed by atoms with van der Waals surface area (Å²) in [5, 5.41) is 0. The highest BCUT2D eigenvalue weighted by atomic mass is 32.2. The van der Waals surface area contributed by atoms with Crippen molar-refractivity contribution in [1.82, 2.24) is 9.97 Å². The van der Waals surface area contributed by atoms with E-state index in [-0.39, 0.29) is 0 Å². The number of fused-ring (bicyclic) bond motifs is 2. The lowest BCUT2D eigenvalue weighted by molar-refractivity contribution is 0.416. The first-order valence-electron chi connectivity index (χ1n) is 7.47. The van der Waals surface area contributed by atoms with Crippen molar-refractivity contribution in [2.45, 2.75) is 16.7 Å². The molecule has 1 unspecified atom stereocenters. The topological polar surface area (TPSA) is 55.3 Å². The number of nitrogens with zero attached hydrogens (tertiary/aromatic N) is 3. The van der Waals surface area contributed by atoms with Gasteiger partial charge < -0.3 is 4.74 Å². The van der Waals surface area contributed by atoms with Crippen molar-refractivity contribution in [2.75, 3.05) is 12.0 Å². The molecule has 24 heavy (non-hydrogen) atoms. The van der Waals surface area contributed by atoms with Crippen LogP contribution in [0.5, 0.6) is 5.75 Å². The number of rotatable bonds is 2. The zero-order valence-electron chi connectivity index (χ0n) is 13.3. The summed E-state index contributed by atoms with van der Waals surface area (Å²) < 4.78 is 18.5. The summed E-state index contributed by atoms with van der Waals surface area (Å²) in [5.74, 6) is 1.94. The predicted octanol–water partition coefficient (Wildman–Crippen LogP) is 3.74. The molecule has 0 bridgehead atoms. The van der Waals surface area contributed by atoms with Crippen LogP contribution in [0.3, 0.4) is 0 Å². The number of aryl methyl sites for hydroxylation is 1. The molecule has 4 rings (SSSR count). The van der Waals surface area contributed by atoms with Crippen LogP contribution < -0.4 is 9.64 Å². The molecule has 0 spiro atoms. The molecule has 1 aromatic carbocycles. The van der Waals surface area contributed by atoms with E-state index in [1.165, 1.54) is 0 Å². The van der Waals surface area contributed by atoms with Crippen molar-refractivity contribution >= 4 is 28.1 Å². The minimum atomic E-state index is -1.31. The molecule has 2 aromatic heterocycles. The zero-order valence-corrected chi connectivity index (χ0v) is 14.1. The third-order valence-electron chi connectivity index (χ3n) is 3.87. The summed E-state index contributed by atoms with van der Waals surface area (Å²) in [4.78, 5) is 12.3. The molecule has 6 heteroatoms. The number of anilines is 3. The summed E-state index contributed by atoms with van der Waals surface area (Å²) >= 11 is 0. The fourth-order valence-corrected chi connectivity index (χ4v) is 4.15. The molecular weight excluding hydrogens is 322 g/mol. The van der Waals surface area contributed by atoms with Crippen LogP contribution >= 0.6 is 0 Å². The average molecular weight is 337 g/mol. The number of para-hydroxylation sites is 2. The number of hydrogen-bond acceptors (Lipinski definition) is 5. The Bertz CT molecular complexity index is 958. The monoisotopic (exact) mass is 337 g/mol. The molecule has 0 saturated heterocycles. The standard InChI is InChI=1S/C18H15N3O2S/c1-12-10-16-18(20-11-12)21(13-6-3-4-7-14(13)23-2)17-15(24(16)22)8-5-9-19-17/h3-11H,1-2H3. The number of methoxy groups -OCH3 is 1. The zero-order chi connectivity index (χ0) is 16.7. The van der Waals surface area contributed by atoms with Crippen molar-refractivity contribution in [3.05, 3.63) is 60.4 Å². The number of aromatic nitrogens is 2. The molecule has 1 atom stereocenters. The van der Waals surface area contributed by atoms with Gasteiger partial charge in [0.05, 0.1) is 33.4 Å². The molecule has 0 radical (unpaired) electrons. The lowest BCUT2D eigenvalue weighted by Gasteiger charge is -2.31. The number of pyridine rings is 2. The first-order chi connectivity index (χ1) is 11.7. The van der Waals surface area contributed by atoms with E-state index in [0.29, 0.717) is 27.2 Å². The second kappa shape index (κ2) is 5.72. The third-order valence-corrected chi connectivity index (χ3v) is 5.29. The molecule has 0 fully saturated rings. The Kier molecular flexibility index (Phi) is 3.54. The predicted molar refractivity (Wildman–Crippen MR) is 92.7 cm³/mol. The van der Waals surface area contributed by atoms with E-state index in [1.807, 2.05) is 48.2 Å². The van der Waals surface area contributed by atoms with Crippen LogP contribution in [0.4, 0.5) is 17.3 Å². The minimum Gasteiger partial charge on any atom is -0.495 e. The Hall–Kier alpha value is -2.73. The Morgan fingerprint density at radius 2 is 1.83 bits per heavy atom. The molecule has 120 valence electrons. The minimum absolute atomic E-state index is 0.615. The Morgan fingerprint density at radius 1 is 1.04 bits per heavy atom. The SMILES string of the molecule is COc1ccccc1N1c2ncccc2S(=O)c2cc(C)cnc21. The van der Waals surface area contributed by atoms with E-state index >= 15 is 0 Å². The van der Waals surface area contributed by atoms with Crippen molar-refractivity contribution in [1.29, 1.82) is 0 Å². The number of benzene rings is 1. The van der Waals surface area contributed by atoms with E-state index < -0.39 is 10.8 Å². The molecule has 1 aliphatic rings. The second-order valence-corrected chi connectivity index (χ2v) is 6.85. The van der Waals surface area contributed by atoms with E-state index in [9.17, 15) is 4.21 Å². The van der Waals surface area contributed by atoms with Crippen molar-refractivity contribution in [2.24, 2.45) is 0 Å². The number of ether oxygens (including phenoxy) is 1. The molecule has 0 N–H and O–H groups in total. The van der Waals surface area contributed by atoms with Crippen LogP contribution in [0.15, 0.2) is 64.6 Å². The summed E-state index contributed by atoms with van der Waals surface area (Å²) in [6, 6.07) is 13.2. The number of hydrogen-bond donors (Lipinski definition) is 0. The lowest BCUT2D eigenvalue weighted by atomic mass is 10.2. The van der Waals surface area contributed by atoms with Gasteiger partial charge in [0.2, 0.25) is 0 Å². The van der Waals surface area contributed by atoms with Crippen LogP contribution in [0.2, 0.25) is 0 Å². The largest absolute Gasteiger partial charge is 0.495 e. The average Bonchev–Trinajstić information content (AvgIpc) is 2.63. The van der Waals surface area contributed by atoms with E-state index in [4.69, 9.17) is 4.74 Å². The van der Waals surface area contributed by atoms with Gasteiger partial charge in [0.25, 0.3) is 0 Å². The normalized spacial score (nSPS) is 15.6. The van der Waals surface area contributed by atoms with Gasteiger partial charge in [-0.2, -0.15) is 0 Å². The summed E-state index contributed by atoms with van der Waals surface area (Å²) in [6.07, 6.45) is 3.46. The van der Waals surface area contributed by atoms with Gasteiger partial charge in [-0.1, -0.05) is 12.1 Å². The molecule has 3 aromatic rings. The maximum Gasteiger partial charge on any atom is 0.155 e. The van der Waals surface area contributed by atoms with Crippen molar-refractivity contribution in [3.63, 3.8) is 0 Å². The van der Waals surface area contributed by atoms with Gasteiger partial charge in [0, 0.05) is 12.4 Å². The fourth-order valence-electron chi connectivity index (χ4n) is 2.80.